The molecule has 6 heteroatoms. The standard InChI is InChI=1S/C20H21N5S/c21-18-17(20(24-12-23-18)25-14-8-2-3-9-14)19(22)26-16-11-5-7-13-6-1-4-10-15(13)16/h1,4-7,10-12,14,22H,2-3,8-9H2,(H3,21,23,24,25). The summed E-state index contributed by atoms with van der Waals surface area (Å²) >= 11 is 1.40. The first-order valence-electron chi connectivity index (χ1n) is 8.84. The molecule has 0 bridgehead atoms. The highest BCUT2D eigenvalue weighted by molar-refractivity contribution is 8.14. The number of nitrogen functional groups attached to an aromatic ring is 1. The van der Waals surface area contributed by atoms with Crippen LogP contribution in [0.25, 0.3) is 10.8 Å². The number of benzene rings is 2. The fourth-order valence-electron chi connectivity index (χ4n) is 3.44. The number of aromatic nitrogens is 2. The number of nitrogens with zero attached hydrogens (tertiary/aromatic N) is 2. The van der Waals surface area contributed by atoms with E-state index >= 15 is 0 Å². The number of hydrogen-bond acceptors (Lipinski definition) is 6. The lowest BCUT2D eigenvalue weighted by atomic mass is 10.1. The monoisotopic (exact) mass is 363 g/mol. The van der Waals surface area contributed by atoms with Crippen LogP contribution in [0.4, 0.5) is 11.6 Å². The Hall–Kier alpha value is -2.60. The predicted molar refractivity (Wildman–Crippen MR) is 109 cm³/mol. The van der Waals surface area contributed by atoms with Crippen LogP contribution in [0.2, 0.25) is 0 Å². The molecule has 1 aliphatic rings. The van der Waals surface area contributed by atoms with E-state index in [2.05, 4.69) is 33.5 Å². The summed E-state index contributed by atoms with van der Waals surface area (Å²) in [6, 6.07) is 14.7. The molecule has 0 spiro atoms. The second kappa shape index (κ2) is 7.33. The van der Waals surface area contributed by atoms with Crippen LogP contribution in [-0.4, -0.2) is 21.1 Å². The third kappa shape index (κ3) is 3.37. The summed E-state index contributed by atoms with van der Waals surface area (Å²) in [5.41, 5.74) is 6.71. The van der Waals surface area contributed by atoms with Crippen molar-refractivity contribution in [2.24, 2.45) is 0 Å². The van der Waals surface area contributed by atoms with Gasteiger partial charge in [-0.25, -0.2) is 9.97 Å². The molecule has 132 valence electrons. The average molecular weight is 363 g/mol. The van der Waals surface area contributed by atoms with E-state index in [4.69, 9.17) is 11.1 Å². The summed E-state index contributed by atoms with van der Waals surface area (Å²) in [6.45, 7) is 0. The molecule has 1 fully saturated rings. The van der Waals surface area contributed by atoms with Crippen molar-refractivity contribution in [3.63, 3.8) is 0 Å². The van der Waals surface area contributed by atoms with Crippen LogP contribution < -0.4 is 11.1 Å². The van der Waals surface area contributed by atoms with E-state index in [0.29, 0.717) is 28.3 Å². The van der Waals surface area contributed by atoms with Crippen molar-refractivity contribution in [3.05, 3.63) is 54.4 Å². The Labute approximate surface area is 156 Å². The first kappa shape index (κ1) is 16.8. The molecular formula is C20H21N5S. The average Bonchev–Trinajstić information content (AvgIpc) is 3.15. The van der Waals surface area contributed by atoms with Gasteiger partial charge >= 0.3 is 0 Å². The summed E-state index contributed by atoms with van der Waals surface area (Å²) in [7, 11) is 0. The molecule has 2 aromatic carbocycles. The molecule has 0 saturated heterocycles. The van der Waals surface area contributed by atoms with Gasteiger partial charge < -0.3 is 11.1 Å². The lowest BCUT2D eigenvalue weighted by molar-refractivity contribution is 0.749. The summed E-state index contributed by atoms with van der Waals surface area (Å²) in [4.78, 5) is 9.51. The SMILES string of the molecule is N=C(Sc1cccc2ccccc12)c1c(N)ncnc1NC1CCCC1. The highest BCUT2D eigenvalue weighted by atomic mass is 32.2. The van der Waals surface area contributed by atoms with E-state index in [1.807, 2.05) is 24.3 Å². The lowest BCUT2D eigenvalue weighted by Gasteiger charge is -2.17. The van der Waals surface area contributed by atoms with Gasteiger partial charge in [-0.1, -0.05) is 61.0 Å². The van der Waals surface area contributed by atoms with Crippen LogP contribution in [0.15, 0.2) is 53.7 Å². The van der Waals surface area contributed by atoms with Crippen LogP contribution in [-0.2, 0) is 0 Å². The number of nitrogens with one attached hydrogen (secondary N) is 2. The summed E-state index contributed by atoms with van der Waals surface area (Å²) < 4.78 is 0. The largest absolute Gasteiger partial charge is 0.383 e. The predicted octanol–water partition coefficient (Wildman–Crippen LogP) is 4.68. The van der Waals surface area contributed by atoms with Crippen molar-refractivity contribution in [1.82, 2.24) is 9.97 Å². The summed E-state index contributed by atoms with van der Waals surface area (Å²) in [5.74, 6) is 1.01. The third-order valence-corrected chi connectivity index (χ3v) is 5.75. The molecule has 3 aromatic rings. The summed E-state index contributed by atoms with van der Waals surface area (Å²) in [5, 5.41) is 14.8. The van der Waals surface area contributed by atoms with Gasteiger partial charge in [0.2, 0.25) is 0 Å². The molecule has 1 aromatic heterocycles. The molecular weight excluding hydrogens is 342 g/mol. The van der Waals surface area contributed by atoms with Gasteiger partial charge in [0.05, 0.1) is 5.56 Å². The second-order valence-electron chi connectivity index (χ2n) is 6.52. The fourth-order valence-corrected chi connectivity index (χ4v) is 4.41. The molecule has 0 radical (unpaired) electrons. The Balaban J connectivity index is 1.65. The van der Waals surface area contributed by atoms with Crippen molar-refractivity contribution in [1.29, 1.82) is 5.41 Å². The molecule has 1 heterocycles. The smallest absolute Gasteiger partial charge is 0.141 e. The molecule has 4 rings (SSSR count). The highest BCUT2D eigenvalue weighted by Crippen LogP contribution is 2.33. The lowest BCUT2D eigenvalue weighted by Crippen LogP contribution is -2.19. The topological polar surface area (TPSA) is 87.7 Å². The minimum atomic E-state index is 0.346. The minimum absolute atomic E-state index is 0.346. The molecule has 26 heavy (non-hydrogen) atoms. The maximum absolute atomic E-state index is 8.66. The Bertz CT molecular complexity index is 945. The van der Waals surface area contributed by atoms with Gasteiger partial charge in [-0.3, -0.25) is 5.41 Å². The van der Waals surface area contributed by atoms with Gasteiger partial charge in [0.25, 0.3) is 0 Å². The Morgan fingerprint density at radius 2 is 1.85 bits per heavy atom. The Morgan fingerprint density at radius 3 is 2.69 bits per heavy atom. The van der Waals surface area contributed by atoms with Crippen LogP contribution in [0.3, 0.4) is 0 Å². The van der Waals surface area contributed by atoms with Gasteiger partial charge in [0, 0.05) is 10.9 Å². The van der Waals surface area contributed by atoms with Crippen LogP contribution in [0.1, 0.15) is 31.2 Å². The molecule has 0 amide bonds. The molecule has 5 nitrogen and oxygen atoms in total. The first-order valence-corrected chi connectivity index (χ1v) is 9.65. The van der Waals surface area contributed by atoms with Gasteiger partial charge in [-0.15, -0.1) is 0 Å². The van der Waals surface area contributed by atoms with E-state index in [9.17, 15) is 0 Å². The van der Waals surface area contributed by atoms with Crippen LogP contribution >= 0.6 is 11.8 Å². The van der Waals surface area contributed by atoms with Gasteiger partial charge in [-0.2, -0.15) is 0 Å². The number of anilines is 2. The molecule has 0 atom stereocenters. The van der Waals surface area contributed by atoms with Gasteiger partial charge in [0.15, 0.2) is 0 Å². The molecule has 4 N–H and O–H groups in total. The Kier molecular flexibility index (Phi) is 4.75. The molecule has 0 unspecified atom stereocenters. The highest BCUT2D eigenvalue weighted by Gasteiger charge is 2.21. The van der Waals surface area contributed by atoms with Crippen LogP contribution in [0.5, 0.6) is 0 Å². The maximum Gasteiger partial charge on any atom is 0.141 e. The zero-order valence-corrected chi connectivity index (χ0v) is 15.2. The zero-order chi connectivity index (χ0) is 17.9. The zero-order valence-electron chi connectivity index (χ0n) is 14.4. The number of hydrogen-bond donors (Lipinski definition) is 3. The number of rotatable bonds is 4. The normalized spacial score (nSPS) is 14.6. The number of fused-ring (bicyclic) bond motifs is 1. The third-order valence-electron chi connectivity index (χ3n) is 4.76. The summed E-state index contributed by atoms with van der Waals surface area (Å²) in [6.07, 6.45) is 6.19. The number of nitrogens with two attached hydrogens (primary N) is 1. The van der Waals surface area contributed by atoms with E-state index in [1.165, 1.54) is 30.9 Å². The fraction of sp³-hybridized carbons (Fsp3) is 0.250. The first-order chi connectivity index (χ1) is 12.7. The molecule has 1 saturated carbocycles. The molecule has 1 aliphatic carbocycles. The Morgan fingerprint density at radius 1 is 1.08 bits per heavy atom. The minimum Gasteiger partial charge on any atom is -0.383 e. The van der Waals surface area contributed by atoms with E-state index in [0.717, 1.165) is 28.5 Å². The second-order valence-corrected chi connectivity index (χ2v) is 7.57. The van der Waals surface area contributed by atoms with Gasteiger partial charge in [-0.05, 0) is 29.7 Å². The maximum atomic E-state index is 8.66. The van der Waals surface area contributed by atoms with E-state index in [-0.39, 0.29) is 0 Å². The van der Waals surface area contributed by atoms with E-state index < -0.39 is 0 Å². The van der Waals surface area contributed by atoms with E-state index in [1.54, 1.807) is 0 Å². The number of thioether (sulfide) groups is 1. The van der Waals surface area contributed by atoms with Crippen molar-refractivity contribution in [2.45, 2.75) is 36.6 Å². The van der Waals surface area contributed by atoms with Crippen LogP contribution in [0, 0.1) is 5.41 Å². The van der Waals surface area contributed by atoms with Gasteiger partial charge in [0.1, 0.15) is 23.0 Å². The van der Waals surface area contributed by atoms with Crippen molar-refractivity contribution in [3.8, 4) is 0 Å². The van der Waals surface area contributed by atoms with Crippen molar-refractivity contribution < 1.29 is 0 Å². The quantitative estimate of drug-likeness (QED) is 0.356. The van der Waals surface area contributed by atoms with Crippen molar-refractivity contribution >= 4 is 39.2 Å². The molecule has 0 aliphatic heterocycles. The van der Waals surface area contributed by atoms with Crippen molar-refractivity contribution in [2.75, 3.05) is 11.1 Å².